The normalized spacial score (nSPS) is 9.62. The Labute approximate surface area is 304 Å². The minimum absolute atomic E-state index is 0.352. The Hall–Kier alpha value is -6.90. The van der Waals surface area contributed by atoms with Gasteiger partial charge in [-0.2, -0.15) is 10.5 Å². The van der Waals surface area contributed by atoms with Gasteiger partial charge in [0, 0.05) is 67.2 Å². The highest BCUT2D eigenvalue weighted by molar-refractivity contribution is 5.97. The van der Waals surface area contributed by atoms with Crippen LogP contribution < -0.4 is 9.80 Å². The Kier molecular flexibility index (Phi) is 14.7. The van der Waals surface area contributed by atoms with Crippen LogP contribution in [0.4, 0.5) is 11.4 Å². The number of anilines is 2. The van der Waals surface area contributed by atoms with E-state index in [1.807, 2.05) is 118 Å². The summed E-state index contributed by atoms with van der Waals surface area (Å²) in [6, 6.07) is 37.7. The van der Waals surface area contributed by atoms with Crippen LogP contribution in [0.3, 0.4) is 0 Å². The molecule has 0 unspecified atom stereocenters. The number of aryl methyl sites for hydroxylation is 2. The molecule has 0 amide bonds. The van der Waals surface area contributed by atoms with Crippen molar-refractivity contribution in [3.8, 4) is 12.1 Å². The summed E-state index contributed by atoms with van der Waals surface area (Å²) in [6.45, 7) is 4.03. The van der Waals surface area contributed by atoms with Gasteiger partial charge in [-0.05, 0) is 96.2 Å². The first-order chi connectivity index (χ1) is 25.0. The van der Waals surface area contributed by atoms with Gasteiger partial charge < -0.3 is 9.80 Å². The highest BCUT2D eigenvalue weighted by atomic mass is 16.1. The van der Waals surface area contributed by atoms with Crippen molar-refractivity contribution in [1.82, 2.24) is 0 Å². The number of hydrogen-bond donors (Lipinski definition) is 0. The lowest BCUT2D eigenvalue weighted by molar-refractivity contribution is 0.111. The molecule has 52 heavy (non-hydrogen) atoms. The summed E-state index contributed by atoms with van der Waals surface area (Å²) in [5.74, 6) is 0. The summed E-state index contributed by atoms with van der Waals surface area (Å²) in [7, 11) is 7.87. The van der Waals surface area contributed by atoms with E-state index >= 15 is 0 Å². The summed E-state index contributed by atoms with van der Waals surface area (Å²) in [5.41, 5.74) is 7.99. The largest absolute Gasteiger partial charge is 0.378 e. The van der Waals surface area contributed by atoms with Gasteiger partial charge in [-0.1, -0.05) is 54.1 Å². The van der Waals surface area contributed by atoms with Crippen LogP contribution >= 0.6 is 0 Å². The van der Waals surface area contributed by atoms with E-state index in [2.05, 4.69) is 25.1 Å². The maximum absolute atomic E-state index is 10.7. The molecule has 0 aliphatic carbocycles. The van der Waals surface area contributed by atoms with Crippen molar-refractivity contribution in [1.29, 1.82) is 10.5 Å². The van der Waals surface area contributed by atoms with Crippen molar-refractivity contribution >= 4 is 58.1 Å². The standard InChI is InChI=1S/C13H7NO2.C13H11N.2C9H11NO/c14-6-13-11(8-16)3-2-10-5-9(7-15)1-4-12(10)13;1-9-3-6-12-11(7-9)5-4-10(2)13(12)8-14;2*1-10(2)9-5-3-8(7-11)4-6-9/h1-5,7-8H;3-7H,1-2H3;2*3-7H,1-2H3. The van der Waals surface area contributed by atoms with Gasteiger partial charge in [-0.3, -0.25) is 19.2 Å². The Bertz CT molecular complexity index is 2210. The Morgan fingerprint density at radius 3 is 1.38 bits per heavy atom. The zero-order chi connectivity index (χ0) is 38.2. The van der Waals surface area contributed by atoms with Crippen molar-refractivity contribution in [3.63, 3.8) is 0 Å². The van der Waals surface area contributed by atoms with Crippen LogP contribution in [-0.2, 0) is 0 Å². The summed E-state index contributed by atoms with van der Waals surface area (Å²) < 4.78 is 0. The van der Waals surface area contributed by atoms with Gasteiger partial charge >= 0.3 is 0 Å². The third kappa shape index (κ3) is 10.5. The highest BCUT2D eigenvalue weighted by Crippen LogP contribution is 2.23. The third-order valence-electron chi connectivity index (χ3n) is 8.04. The molecule has 0 heterocycles. The summed E-state index contributed by atoms with van der Waals surface area (Å²) in [5, 5.41) is 21.7. The lowest BCUT2D eigenvalue weighted by atomic mass is 9.99. The van der Waals surface area contributed by atoms with E-state index in [-0.39, 0.29) is 0 Å². The summed E-state index contributed by atoms with van der Waals surface area (Å²) in [4.78, 5) is 45.9. The van der Waals surface area contributed by atoms with Crippen molar-refractivity contribution in [2.75, 3.05) is 38.0 Å². The number of fused-ring (bicyclic) bond motifs is 2. The van der Waals surface area contributed by atoms with Gasteiger partial charge in [-0.15, -0.1) is 0 Å². The number of benzene rings is 6. The smallest absolute Gasteiger partial charge is 0.151 e. The molecule has 0 bridgehead atoms. The lowest BCUT2D eigenvalue weighted by Crippen LogP contribution is -2.08. The Morgan fingerprint density at radius 2 is 0.923 bits per heavy atom. The Morgan fingerprint density at radius 1 is 0.481 bits per heavy atom. The topological polar surface area (TPSA) is 122 Å². The zero-order valence-electron chi connectivity index (χ0n) is 30.1. The van der Waals surface area contributed by atoms with Crippen LogP contribution in [0.2, 0.25) is 0 Å². The second-order valence-corrected chi connectivity index (χ2v) is 12.2. The lowest BCUT2D eigenvalue weighted by Gasteiger charge is -2.11. The van der Waals surface area contributed by atoms with Crippen molar-refractivity contribution in [2.24, 2.45) is 0 Å². The molecule has 8 heteroatoms. The second kappa shape index (κ2) is 19.3. The number of hydrogen-bond acceptors (Lipinski definition) is 8. The molecule has 0 spiro atoms. The van der Waals surface area contributed by atoms with Gasteiger partial charge in [0.1, 0.15) is 31.0 Å². The predicted octanol–water partition coefficient (Wildman–Crippen LogP) is 8.80. The van der Waals surface area contributed by atoms with Crippen LogP contribution in [0.5, 0.6) is 0 Å². The molecule has 0 saturated heterocycles. The van der Waals surface area contributed by atoms with Crippen molar-refractivity contribution < 1.29 is 19.2 Å². The molecule has 8 nitrogen and oxygen atoms in total. The number of nitrogens with zero attached hydrogens (tertiary/aromatic N) is 4. The molecular weight excluding hydrogens is 649 g/mol. The molecule has 0 radical (unpaired) electrons. The fraction of sp³-hybridized carbons (Fsp3) is 0.136. The molecule has 260 valence electrons. The van der Waals surface area contributed by atoms with Crippen LogP contribution in [0.15, 0.2) is 109 Å². The minimum Gasteiger partial charge on any atom is -0.378 e. The molecule has 0 aliphatic rings. The first kappa shape index (κ1) is 39.5. The van der Waals surface area contributed by atoms with Crippen molar-refractivity contribution in [2.45, 2.75) is 13.8 Å². The van der Waals surface area contributed by atoms with Crippen molar-refractivity contribution in [3.05, 3.63) is 154 Å². The van der Waals surface area contributed by atoms with E-state index in [4.69, 9.17) is 10.5 Å². The van der Waals surface area contributed by atoms with E-state index in [9.17, 15) is 19.2 Å². The van der Waals surface area contributed by atoms with E-state index in [1.165, 1.54) is 5.56 Å². The van der Waals surface area contributed by atoms with Gasteiger partial charge in [0.15, 0.2) is 6.29 Å². The molecule has 0 aliphatic heterocycles. The fourth-order valence-electron chi connectivity index (χ4n) is 5.07. The van der Waals surface area contributed by atoms with E-state index in [0.29, 0.717) is 28.4 Å². The van der Waals surface area contributed by atoms with E-state index < -0.39 is 0 Å². The molecule has 6 aromatic carbocycles. The van der Waals surface area contributed by atoms with Gasteiger partial charge in [0.2, 0.25) is 0 Å². The quantitative estimate of drug-likeness (QED) is 0.159. The maximum atomic E-state index is 10.7. The van der Waals surface area contributed by atoms with Crippen LogP contribution in [0.25, 0.3) is 21.5 Å². The molecular formula is C44H40N4O4. The number of carbonyl (C=O) groups is 4. The first-order valence-corrected chi connectivity index (χ1v) is 16.2. The average molecular weight is 689 g/mol. The Balaban J connectivity index is 0.000000189. The molecule has 6 aromatic rings. The van der Waals surface area contributed by atoms with Crippen LogP contribution in [-0.4, -0.2) is 53.3 Å². The predicted molar refractivity (Wildman–Crippen MR) is 210 cm³/mol. The van der Waals surface area contributed by atoms with E-state index in [1.54, 1.807) is 30.3 Å². The van der Waals surface area contributed by atoms with Crippen LogP contribution in [0, 0.1) is 36.5 Å². The fourth-order valence-corrected chi connectivity index (χ4v) is 5.07. The SMILES string of the molecule is CN(C)c1ccc(C=O)cc1.CN(C)c1ccc(C=O)cc1.Cc1ccc2c(C#N)c(C)ccc2c1.N#Cc1c(C=O)ccc2cc(C=O)ccc12. The van der Waals surface area contributed by atoms with Crippen LogP contribution in [0.1, 0.15) is 63.7 Å². The minimum atomic E-state index is 0.352. The number of aldehydes is 4. The molecule has 0 aromatic heterocycles. The number of carbonyl (C=O) groups excluding carboxylic acids is 4. The zero-order valence-corrected chi connectivity index (χ0v) is 30.1. The second-order valence-electron chi connectivity index (χ2n) is 12.2. The molecule has 0 N–H and O–H groups in total. The van der Waals surface area contributed by atoms with Gasteiger partial charge in [0.05, 0.1) is 11.1 Å². The van der Waals surface area contributed by atoms with E-state index in [0.717, 1.165) is 68.6 Å². The number of nitriles is 2. The molecule has 0 saturated carbocycles. The maximum Gasteiger partial charge on any atom is 0.151 e. The van der Waals surface area contributed by atoms with Gasteiger partial charge in [-0.25, -0.2) is 0 Å². The summed E-state index contributed by atoms with van der Waals surface area (Å²) in [6.07, 6.45) is 3.10. The number of rotatable bonds is 6. The monoisotopic (exact) mass is 688 g/mol. The molecule has 0 fully saturated rings. The third-order valence-corrected chi connectivity index (χ3v) is 8.04. The molecule has 0 atom stereocenters. The average Bonchev–Trinajstić information content (AvgIpc) is 3.17. The first-order valence-electron chi connectivity index (χ1n) is 16.2. The summed E-state index contributed by atoms with van der Waals surface area (Å²) >= 11 is 0. The molecule has 6 rings (SSSR count). The highest BCUT2D eigenvalue weighted by Gasteiger charge is 2.07. The van der Waals surface area contributed by atoms with Gasteiger partial charge in [0.25, 0.3) is 0 Å².